The Bertz CT molecular complexity index is 341. The van der Waals surface area contributed by atoms with Gasteiger partial charge < -0.3 is 5.32 Å². The number of nitrogens with one attached hydrogen (secondary N) is 1. The molecule has 1 aromatic rings. The van der Waals surface area contributed by atoms with E-state index >= 15 is 0 Å². The number of rotatable bonds is 3. The van der Waals surface area contributed by atoms with Gasteiger partial charge in [0.15, 0.2) is 0 Å². The number of hydrogen-bond donors (Lipinski definition) is 1. The molecule has 0 aromatic heterocycles. The Morgan fingerprint density at radius 1 is 1.57 bits per heavy atom. The van der Waals surface area contributed by atoms with Crippen LogP contribution >= 0.6 is 34.2 Å². The molecule has 0 fully saturated rings. The minimum Gasteiger partial charge on any atom is -0.325 e. The van der Waals surface area contributed by atoms with Crippen molar-refractivity contribution in [3.8, 4) is 0 Å². The predicted octanol–water partition coefficient (Wildman–Crippen LogP) is 3.68. The van der Waals surface area contributed by atoms with Crippen LogP contribution in [0.4, 0.5) is 5.69 Å². The maximum atomic E-state index is 11.3. The number of hydrogen-bond acceptors (Lipinski definition) is 1. The van der Waals surface area contributed by atoms with Gasteiger partial charge in [-0.25, -0.2) is 0 Å². The Kier molecular flexibility index (Phi) is 4.68. The molecule has 0 radical (unpaired) electrons. The van der Waals surface area contributed by atoms with E-state index in [-0.39, 0.29) is 5.91 Å². The number of carbonyl (C=O) groups excluding carboxylic acids is 1. The van der Waals surface area contributed by atoms with Crippen LogP contribution in [0.1, 0.15) is 19.8 Å². The zero-order valence-electron chi connectivity index (χ0n) is 7.81. The molecule has 0 bridgehead atoms. The summed E-state index contributed by atoms with van der Waals surface area (Å²) in [5, 5.41) is 3.52. The zero-order chi connectivity index (χ0) is 10.6. The molecule has 4 heteroatoms. The highest BCUT2D eigenvalue weighted by Crippen LogP contribution is 2.22. The fraction of sp³-hybridized carbons (Fsp3) is 0.300. The van der Waals surface area contributed by atoms with Gasteiger partial charge in [0.25, 0.3) is 0 Å². The summed E-state index contributed by atoms with van der Waals surface area (Å²) in [7, 11) is 0. The lowest BCUT2D eigenvalue weighted by Crippen LogP contribution is -2.11. The first-order valence-corrected chi connectivity index (χ1v) is 5.84. The Hall–Kier alpha value is -0.290. The molecule has 2 nitrogen and oxygen atoms in total. The topological polar surface area (TPSA) is 29.1 Å². The number of anilines is 1. The second-order valence-corrected chi connectivity index (χ2v) is 4.52. The van der Waals surface area contributed by atoms with Crippen LogP contribution in [0, 0.1) is 3.57 Å². The summed E-state index contributed by atoms with van der Waals surface area (Å²) < 4.78 is 0.958. The molecule has 0 unspecified atom stereocenters. The average molecular weight is 324 g/mol. The molecule has 0 atom stereocenters. The van der Waals surface area contributed by atoms with Crippen molar-refractivity contribution in [3.05, 3.63) is 26.8 Å². The first-order chi connectivity index (χ1) is 6.63. The molecule has 0 saturated carbocycles. The van der Waals surface area contributed by atoms with E-state index in [1.165, 1.54) is 0 Å². The largest absolute Gasteiger partial charge is 0.325 e. The van der Waals surface area contributed by atoms with Crippen LogP contribution in [0.2, 0.25) is 5.02 Å². The summed E-state index contributed by atoms with van der Waals surface area (Å²) in [5.74, 6) is 0.0488. The lowest BCUT2D eigenvalue weighted by molar-refractivity contribution is -0.116. The molecule has 0 aliphatic rings. The molecule has 1 rings (SSSR count). The molecule has 1 aromatic carbocycles. The lowest BCUT2D eigenvalue weighted by Gasteiger charge is -2.06. The Labute approximate surface area is 102 Å². The molecule has 0 aliphatic carbocycles. The predicted molar refractivity (Wildman–Crippen MR) is 67.7 cm³/mol. The van der Waals surface area contributed by atoms with E-state index < -0.39 is 0 Å². The van der Waals surface area contributed by atoms with Crippen LogP contribution in [0.5, 0.6) is 0 Å². The van der Waals surface area contributed by atoms with E-state index in [0.717, 1.165) is 15.7 Å². The van der Waals surface area contributed by atoms with Crippen molar-refractivity contribution in [2.75, 3.05) is 5.32 Å². The van der Waals surface area contributed by atoms with Crippen LogP contribution in [0.3, 0.4) is 0 Å². The quantitative estimate of drug-likeness (QED) is 0.845. The summed E-state index contributed by atoms with van der Waals surface area (Å²) >= 11 is 7.95. The number of amides is 1. The molecule has 76 valence electrons. The summed E-state index contributed by atoms with van der Waals surface area (Å²) in [6, 6.07) is 5.41. The van der Waals surface area contributed by atoms with Crippen molar-refractivity contribution >= 4 is 45.8 Å². The molecule has 0 heterocycles. The van der Waals surface area contributed by atoms with Crippen molar-refractivity contribution < 1.29 is 4.79 Å². The van der Waals surface area contributed by atoms with E-state index in [9.17, 15) is 4.79 Å². The fourth-order valence-corrected chi connectivity index (χ4v) is 2.04. The van der Waals surface area contributed by atoms with Crippen LogP contribution in [0.15, 0.2) is 18.2 Å². The zero-order valence-corrected chi connectivity index (χ0v) is 10.7. The fourth-order valence-electron chi connectivity index (χ4n) is 1.03. The van der Waals surface area contributed by atoms with Gasteiger partial charge >= 0.3 is 0 Å². The highest BCUT2D eigenvalue weighted by Gasteiger charge is 2.04. The van der Waals surface area contributed by atoms with Gasteiger partial charge in [-0.1, -0.05) is 18.5 Å². The summed E-state index contributed by atoms with van der Waals surface area (Å²) in [6.45, 7) is 1.98. The van der Waals surface area contributed by atoms with Crippen LogP contribution in [0.25, 0.3) is 0 Å². The molecular formula is C10H11ClINO. The molecule has 1 N–H and O–H groups in total. The minimum atomic E-state index is 0.0488. The van der Waals surface area contributed by atoms with Gasteiger partial charge in [-0.3, -0.25) is 4.79 Å². The molecular weight excluding hydrogens is 312 g/mol. The molecule has 1 amide bonds. The van der Waals surface area contributed by atoms with E-state index in [2.05, 4.69) is 27.9 Å². The van der Waals surface area contributed by atoms with Crippen LogP contribution in [-0.2, 0) is 4.79 Å². The van der Waals surface area contributed by atoms with Gasteiger partial charge in [0.1, 0.15) is 0 Å². The van der Waals surface area contributed by atoms with Gasteiger partial charge in [0, 0.05) is 15.0 Å². The van der Waals surface area contributed by atoms with E-state index in [0.29, 0.717) is 11.4 Å². The third kappa shape index (κ3) is 3.46. The maximum absolute atomic E-state index is 11.3. The van der Waals surface area contributed by atoms with E-state index in [4.69, 9.17) is 11.6 Å². The lowest BCUT2D eigenvalue weighted by atomic mass is 10.3. The van der Waals surface area contributed by atoms with Gasteiger partial charge in [0.05, 0.1) is 5.69 Å². The average Bonchev–Trinajstić information content (AvgIpc) is 2.10. The SMILES string of the molecule is CCCC(=O)Nc1ccc(Cl)cc1I. The van der Waals surface area contributed by atoms with Crippen molar-refractivity contribution in [3.63, 3.8) is 0 Å². The molecule has 0 spiro atoms. The van der Waals surface area contributed by atoms with Crippen molar-refractivity contribution in [1.82, 2.24) is 0 Å². The van der Waals surface area contributed by atoms with Gasteiger partial charge in [-0.2, -0.15) is 0 Å². The summed E-state index contributed by atoms with van der Waals surface area (Å²) in [5.41, 5.74) is 0.827. The number of carbonyl (C=O) groups is 1. The highest BCUT2D eigenvalue weighted by atomic mass is 127. The summed E-state index contributed by atoms with van der Waals surface area (Å²) in [4.78, 5) is 11.3. The first kappa shape index (κ1) is 11.8. The van der Waals surface area contributed by atoms with Crippen molar-refractivity contribution in [2.24, 2.45) is 0 Å². The Balaban J connectivity index is 2.72. The maximum Gasteiger partial charge on any atom is 0.224 e. The number of benzene rings is 1. The normalized spacial score (nSPS) is 9.93. The van der Waals surface area contributed by atoms with Crippen LogP contribution < -0.4 is 5.32 Å². The molecule has 14 heavy (non-hydrogen) atoms. The second-order valence-electron chi connectivity index (χ2n) is 2.92. The third-order valence-electron chi connectivity index (χ3n) is 1.68. The smallest absolute Gasteiger partial charge is 0.224 e. The van der Waals surface area contributed by atoms with Gasteiger partial charge in [-0.15, -0.1) is 0 Å². The Morgan fingerprint density at radius 3 is 2.86 bits per heavy atom. The summed E-state index contributed by atoms with van der Waals surface area (Å²) in [6.07, 6.45) is 1.41. The molecule has 0 aliphatic heterocycles. The third-order valence-corrected chi connectivity index (χ3v) is 2.81. The first-order valence-electron chi connectivity index (χ1n) is 4.38. The Morgan fingerprint density at radius 2 is 2.29 bits per heavy atom. The number of halogens is 2. The van der Waals surface area contributed by atoms with Gasteiger partial charge in [0.2, 0.25) is 5.91 Å². The van der Waals surface area contributed by atoms with E-state index in [1.54, 1.807) is 6.07 Å². The highest BCUT2D eigenvalue weighted by molar-refractivity contribution is 14.1. The van der Waals surface area contributed by atoms with Crippen molar-refractivity contribution in [2.45, 2.75) is 19.8 Å². The second kappa shape index (κ2) is 5.56. The van der Waals surface area contributed by atoms with E-state index in [1.807, 2.05) is 19.1 Å². The van der Waals surface area contributed by atoms with Gasteiger partial charge in [-0.05, 0) is 47.2 Å². The monoisotopic (exact) mass is 323 g/mol. The minimum absolute atomic E-state index is 0.0488. The molecule has 0 saturated heterocycles. The van der Waals surface area contributed by atoms with Crippen LogP contribution in [-0.4, -0.2) is 5.91 Å². The van der Waals surface area contributed by atoms with Crippen molar-refractivity contribution in [1.29, 1.82) is 0 Å². The standard InChI is InChI=1S/C10H11ClINO/c1-2-3-10(14)13-9-5-4-7(11)6-8(9)12/h4-6H,2-3H2,1H3,(H,13,14).